The van der Waals surface area contributed by atoms with Crippen LogP contribution in [-0.2, 0) is 11.0 Å². The molecule has 2 rings (SSSR count). The van der Waals surface area contributed by atoms with Gasteiger partial charge >= 0.3 is 12.1 Å². The van der Waals surface area contributed by atoms with E-state index in [2.05, 4.69) is 0 Å². The largest absolute Gasteiger partial charge is 0.481 e. The maximum Gasteiger partial charge on any atom is 0.416 e. The third-order valence-corrected chi connectivity index (χ3v) is 3.76. The molecule has 1 aromatic carbocycles. The monoisotopic (exact) mass is 287 g/mol. The van der Waals surface area contributed by atoms with Crippen LogP contribution in [-0.4, -0.2) is 24.7 Å². The summed E-state index contributed by atoms with van der Waals surface area (Å²) in [6.45, 7) is 2.13. The zero-order chi connectivity index (χ0) is 15.1. The third kappa shape index (κ3) is 2.73. The van der Waals surface area contributed by atoms with Crippen molar-refractivity contribution in [2.75, 3.05) is 18.5 Å². The quantitative estimate of drug-likeness (QED) is 0.926. The first kappa shape index (κ1) is 14.7. The molecule has 0 radical (unpaired) electrons. The summed E-state index contributed by atoms with van der Waals surface area (Å²) in [5, 5.41) is 8.95. The van der Waals surface area contributed by atoms with Crippen LogP contribution in [0.2, 0.25) is 0 Å². The van der Waals surface area contributed by atoms with Crippen molar-refractivity contribution in [2.45, 2.75) is 25.4 Å². The molecular weight excluding hydrogens is 271 g/mol. The smallest absolute Gasteiger partial charge is 0.416 e. The number of carboxylic acid groups (broad SMARTS) is 1. The van der Waals surface area contributed by atoms with E-state index in [9.17, 15) is 18.0 Å². The molecule has 1 aliphatic heterocycles. The lowest BCUT2D eigenvalue weighted by Gasteiger charge is -2.15. The number of hydrogen-bond donors (Lipinski definition) is 1. The van der Waals surface area contributed by atoms with Crippen molar-refractivity contribution < 1.29 is 23.1 Å². The maximum atomic E-state index is 12.8. The number of benzene rings is 1. The Kier molecular flexibility index (Phi) is 3.67. The first-order valence-electron chi connectivity index (χ1n) is 6.35. The fourth-order valence-corrected chi connectivity index (χ4v) is 2.66. The number of hydrogen-bond acceptors (Lipinski definition) is 2. The Labute approximate surface area is 115 Å². The second-order valence-corrected chi connectivity index (χ2v) is 5.32. The van der Waals surface area contributed by atoms with Crippen LogP contribution in [0.5, 0.6) is 0 Å². The third-order valence-electron chi connectivity index (χ3n) is 3.76. The lowest BCUT2D eigenvalue weighted by atomic mass is 9.90. The number of halogens is 3. The minimum atomic E-state index is -4.38. The van der Waals surface area contributed by atoms with Crippen molar-refractivity contribution in [1.29, 1.82) is 0 Å². The van der Waals surface area contributed by atoms with Gasteiger partial charge in [0, 0.05) is 25.2 Å². The number of fused-ring (bicyclic) bond motifs is 1. The lowest BCUT2D eigenvalue weighted by Crippen LogP contribution is -2.19. The highest BCUT2D eigenvalue weighted by atomic mass is 19.4. The minimum absolute atomic E-state index is 0.177. The van der Waals surface area contributed by atoms with Crippen LogP contribution in [0, 0.1) is 5.92 Å². The first-order valence-corrected chi connectivity index (χ1v) is 6.35. The number of carboxylic acids is 1. The fraction of sp³-hybridized carbons (Fsp3) is 0.500. The Bertz CT molecular complexity index is 528. The van der Waals surface area contributed by atoms with Crippen molar-refractivity contribution in [3.8, 4) is 0 Å². The molecule has 0 amide bonds. The number of rotatable bonds is 3. The SMILES string of the molecule is CC(CC1CN(C)c2ccc(C(F)(F)F)cc21)C(=O)O. The molecule has 0 bridgehead atoms. The van der Waals surface area contributed by atoms with Gasteiger partial charge in [-0.3, -0.25) is 4.79 Å². The van der Waals surface area contributed by atoms with Gasteiger partial charge in [0.15, 0.2) is 0 Å². The van der Waals surface area contributed by atoms with E-state index in [1.54, 1.807) is 14.0 Å². The Balaban J connectivity index is 2.32. The molecule has 2 unspecified atom stereocenters. The van der Waals surface area contributed by atoms with Crippen molar-refractivity contribution in [1.82, 2.24) is 0 Å². The molecule has 0 saturated heterocycles. The summed E-state index contributed by atoms with van der Waals surface area (Å²) in [6, 6.07) is 3.68. The number of anilines is 1. The van der Waals surface area contributed by atoms with Crippen LogP contribution in [0.1, 0.15) is 30.4 Å². The van der Waals surface area contributed by atoms with Crippen LogP contribution in [0.25, 0.3) is 0 Å². The molecule has 110 valence electrons. The van der Waals surface area contributed by atoms with Gasteiger partial charge in [0.25, 0.3) is 0 Å². The molecule has 20 heavy (non-hydrogen) atoms. The highest BCUT2D eigenvalue weighted by molar-refractivity contribution is 5.70. The highest BCUT2D eigenvalue weighted by Gasteiger charge is 2.35. The predicted octanol–water partition coefficient (Wildman–Crippen LogP) is 3.35. The summed E-state index contributed by atoms with van der Waals surface area (Å²) >= 11 is 0. The second kappa shape index (κ2) is 5.00. The zero-order valence-electron chi connectivity index (χ0n) is 11.2. The van der Waals surface area contributed by atoms with Crippen molar-refractivity contribution >= 4 is 11.7 Å². The van der Waals surface area contributed by atoms with E-state index in [-0.39, 0.29) is 5.92 Å². The van der Waals surface area contributed by atoms with Gasteiger partial charge in [-0.15, -0.1) is 0 Å². The van der Waals surface area contributed by atoms with Crippen molar-refractivity contribution in [2.24, 2.45) is 5.92 Å². The Morgan fingerprint density at radius 2 is 2.15 bits per heavy atom. The molecule has 0 aromatic heterocycles. The molecule has 0 fully saturated rings. The topological polar surface area (TPSA) is 40.5 Å². The predicted molar refractivity (Wildman–Crippen MR) is 68.9 cm³/mol. The molecule has 6 heteroatoms. The molecule has 0 aliphatic carbocycles. The normalized spacial score (nSPS) is 19.9. The van der Waals surface area contributed by atoms with E-state index in [1.165, 1.54) is 6.07 Å². The van der Waals surface area contributed by atoms with Gasteiger partial charge in [0.05, 0.1) is 11.5 Å². The van der Waals surface area contributed by atoms with Gasteiger partial charge in [-0.25, -0.2) is 0 Å². The molecule has 0 spiro atoms. The van der Waals surface area contributed by atoms with E-state index in [4.69, 9.17) is 5.11 Å². The average Bonchev–Trinajstić information content (AvgIpc) is 2.65. The van der Waals surface area contributed by atoms with Gasteiger partial charge in [0.1, 0.15) is 0 Å². The van der Waals surface area contributed by atoms with Crippen molar-refractivity contribution in [3.05, 3.63) is 29.3 Å². The van der Waals surface area contributed by atoms with E-state index >= 15 is 0 Å². The Hall–Kier alpha value is -1.72. The average molecular weight is 287 g/mol. The summed E-state index contributed by atoms with van der Waals surface area (Å²) in [7, 11) is 1.80. The number of likely N-dealkylation sites (N-methyl/N-ethyl adjacent to an activating group) is 1. The fourth-order valence-electron chi connectivity index (χ4n) is 2.66. The number of aliphatic carboxylic acids is 1. The van der Waals surface area contributed by atoms with Gasteiger partial charge in [-0.2, -0.15) is 13.2 Å². The summed E-state index contributed by atoms with van der Waals surface area (Å²) in [4.78, 5) is 12.8. The van der Waals surface area contributed by atoms with Crippen LogP contribution in [0.15, 0.2) is 18.2 Å². The van der Waals surface area contributed by atoms with E-state index in [0.29, 0.717) is 18.5 Å². The van der Waals surface area contributed by atoms with Crippen LogP contribution >= 0.6 is 0 Å². The van der Waals surface area contributed by atoms with E-state index < -0.39 is 23.6 Å². The molecule has 1 aromatic rings. The van der Waals surface area contributed by atoms with Crippen LogP contribution in [0.4, 0.5) is 18.9 Å². The van der Waals surface area contributed by atoms with Gasteiger partial charge in [-0.05, 0) is 30.2 Å². The summed E-state index contributed by atoms with van der Waals surface area (Å²) in [6.07, 6.45) is -4.03. The summed E-state index contributed by atoms with van der Waals surface area (Å²) in [5.74, 6) is -1.68. The highest BCUT2D eigenvalue weighted by Crippen LogP contribution is 2.42. The zero-order valence-corrected chi connectivity index (χ0v) is 11.2. The van der Waals surface area contributed by atoms with Gasteiger partial charge in [0.2, 0.25) is 0 Å². The molecule has 1 heterocycles. The van der Waals surface area contributed by atoms with E-state index in [1.807, 2.05) is 4.90 Å². The van der Waals surface area contributed by atoms with Crippen LogP contribution < -0.4 is 4.90 Å². The van der Waals surface area contributed by atoms with Crippen molar-refractivity contribution in [3.63, 3.8) is 0 Å². The summed E-state index contributed by atoms with van der Waals surface area (Å²) in [5.41, 5.74) is 0.663. The molecule has 0 saturated carbocycles. The number of carbonyl (C=O) groups is 1. The minimum Gasteiger partial charge on any atom is -0.481 e. The summed E-state index contributed by atoms with van der Waals surface area (Å²) < 4.78 is 38.3. The van der Waals surface area contributed by atoms with Gasteiger partial charge < -0.3 is 10.0 Å². The first-order chi connectivity index (χ1) is 9.20. The molecular formula is C14H16F3NO2. The Morgan fingerprint density at radius 1 is 1.50 bits per heavy atom. The van der Waals surface area contributed by atoms with E-state index in [0.717, 1.165) is 17.8 Å². The molecule has 1 N–H and O–H groups in total. The van der Waals surface area contributed by atoms with Gasteiger partial charge in [-0.1, -0.05) is 6.92 Å². The lowest BCUT2D eigenvalue weighted by molar-refractivity contribution is -0.141. The van der Waals surface area contributed by atoms with Crippen LogP contribution in [0.3, 0.4) is 0 Å². The number of nitrogens with zero attached hydrogens (tertiary/aromatic N) is 1. The standard InChI is InChI=1S/C14H16F3NO2/c1-8(13(19)20)5-9-7-18(2)12-4-3-10(6-11(9)12)14(15,16)17/h3-4,6,8-9H,5,7H2,1-2H3,(H,19,20). The molecule has 2 atom stereocenters. The Morgan fingerprint density at radius 3 is 2.70 bits per heavy atom. The molecule has 1 aliphatic rings. The maximum absolute atomic E-state index is 12.8. The second-order valence-electron chi connectivity index (χ2n) is 5.32. The molecule has 3 nitrogen and oxygen atoms in total. The number of alkyl halides is 3.